The van der Waals surface area contributed by atoms with Crippen molar-refractivity contribution in [3.8, 4) is 0 Å². The van der Waals surface area contributed by atoms with E-state index in [1.165, 1.54) is 0 Å². The minimum Gasteiger partial charge on any atom is -0.354 e. The van der Waals surface area contributed by atoms with Gasteiger partial charge >= 0.3 is 0 Å². The van der Waals surface area contributed by atoms with Gasteiger partial charge in [-0.25, -0.2) is 4.98 Å². The predicted octanol–water partition coefficient (Wildman–Crippen LogP) is 1.18. The summed E-state index contributed by atoms with van der Waals surface area (Å²) in [6.07, 6.45) is 0.756. The first kappa shape index (κ1) is 13.1. The van der Waals surface area contributed by atoms with Gasteiger partial charge in [0.25, 0.3) is 0 Å². The van der Waals surface area contributed by atoms with Crippen molar-refractivity contribution in [2.75, 3.05) is 6.54 Å². The van der Waals surface area contributed by atoms with E-state index in [0.29, 0.717) is 6.54 Å². The Morgan fingerprint density at radius 3 is 2.81 bits per heavy atom. The van der Waals surface area contributed by atoms with Crippen molar-refractivity contribution in [3.63, 3.8) is 0 Å². The largest absolute Gasteiger partial charge is 0.354 e. The monoisotopic (exact) mass is 241 g/mol. The van der Waals surface area contributed by atoms with Gasteiger partial charge in [0.05, 0.1) is 17.2 Å². The van der Waals surface area contributed by atoms with Crippen LogP contribution in [0.4, 0.5) is 0 Å². The van der Waals surface area contributed by atoms with Crippen LogP contribution in [0.25, 0.3) is 0 Å². The van der Waals surface area contributed by atoms with Crippen LogP contribution >= 0.6 is 11.3 Å². The molecule has 5 heteroatoms. The summed E-state index contributed by atoms with van der Waals surface area (Å²) in [4.78, 5) is 15.8. The molecule has 1 amide bonds. The number of nitrogens with one attached hydrogen (secondary N) is 1. The van der Waals surface area contributed by atoms with Crippen LogP contribution in [0.1, 0.15) is 26.5 Å². The van der Waals surface area contributed by atoms with Crippen molar-refractivity contribution in [3.05, 3.63) is 16.6 Å². The molecule has 0 spiro atoms. The minimum absolute atomic E-state index is 0.0947. The maximum Gasteiger partial charge on any atom is 0.237 e. The first-order chi connectivity index (χ1) is 7.41. The zero-order valence-electron chi connectivity index (χ0n) is 9.99. The molecule has 0 saturated heterocycles. The molecule has 90 valence electrons. The molecule has 1 aromatic rings. The molecule has 16 heavy (non-hydrogen) atoms. The maximum absolute atomic E-state index is 11.7. The number of carbonyl (C=O) groups is 1. The van der Waals surface area contributed by atoms with Gasteiger partial charge in [0.1, 0.15) is 0 Å². The fourth-order valence-corrected chi connectivity index (χ4v) is 1.77. The van der Waals surface area contributed by atoms with Gasteiger partial charge in [0, 0.05) is 18.3 Å². The van der Waals surface area contributed by atoms with Crippen LogP contribution in [-0.2, 0) is 11.2 Å². The Morgan fingerprint density at radius 1 is 1.62 bits per heavy atom. The topological polar surface area (TPSA) is 68.0 Å². The van der Waals surface area contributed by atoms with Crippen LogP contribution in [0.5, 0.6) is 0 Å². The molecular weight excluding hydrogens is 222 g/mol. The maximum atomic E-state index is 11.7. The quantitative estimate of drug-likeness (QED) is 0.831. The van der Waals surface area contributed by atoms with Crippen molar-refractivity contribution in [1.29, 1.82) is 0 Å². The molecule has 1 unspecified atom stereocenters. The molecule has 3 N–H and O–H groups in total. The van der Waals surface area contributed by atoms with Crippen LogP contribution in [0, 0.1) is 5.41 Å². The minimum atomic E-state index is -0.470. The van der Waals surface area contributed by atoms with E-state index in [4.69, 9.17) is 5.73 Å². The molecule has 0 bridgehead atoms. The Hall–Kier alpha value is -0.940. The number of rotatable bonds is 4. The van der Waals surface area contributed by atoms with Crippen LogP contribution in [0.15, 0.2) is 10.9 Å². The highest BCUT2D eigenvalue weighted by Gasteiger charge is 2.26. The molecule has 1 rings (SSSR count). The lowest BCUT2D eigenvalue weighted by atomic mass is 9.87. The summed E-state index contributed by atoms with van der Waals surface area (Å²) in [6, 6.07) is -0.470. The summed E-state index contributed by atoms with van der Waals surface area (Å²) < 4.78 is 0. The number of thiazole rings is 1. The van der Waals surface area contributed by atoms with E-state index in [1.807, 2.05) is 26.2 Å². The van der Waals surface area contributed by atoms with Gasteiger partial charge in [0.15, 0.2) is 0 Å². The van der Waals surface area contributed by atoms with E-state index in [9.17, 15) is 4.79 Å². The second-order valence-corrected chi connectivity index (χ2v) is 5.58. The number of amides is 1. The van der Waals surface area contributed by atoms with Crippen molar-refractivity contribution < 1.29 is 4.79 Å². The van der Waals surface area contributed by atoms with Crippen LogP contribution in [-0.4, -0.2) is 23.5 Å². The van der Waals surface area contributed by atoms with E-state index in [2.05, 4.69) is 10.3 Å². The summed E-state index contributed by atoms with van der Waals surface area (Å²) in [5, 5.41) is 4.81. The molecule has 0 aromatic carbocycles. The third-order valence-electron chi connectivity index (χ3n) is 2.38. The third-order valence-corrected chi connectivity index (χ3v) is 3.01. The Morgan fingerprint density at radius 2 is 2.31 bits per heavy atom. The predicted molar refractivity (Wildman–Crippen MR) is 66.3 cm³/mol. The van der Waals surface area contributed by atoms with Gasteiger partial charge in [-0.15, -0.1) is 11.3 Å². The zero-order valence-corrected chi connectivity index (χ0v) is 10.8. The Labute approximate surface area is 100 Å². The summed E-state index contributed by atoms with van der Waals surface area (Å²) in [5.74, 6) is -0.0947. The molecule has 0 aliphatic heterocycles. The van der Waals surface area contributed by atoms with Gasteiger partial charge in [-0.2, -0.15) is 0 Å². The molecule has 1 aromatic heterocycles. The van der Waals surface area contributed by atoms with Crippen LogP contribution in [0.3, 0.4) is 0 Å². The van der Waals surface area contributed by atoms with E-state index in [-0.39, 0.29) is 11.3 Å². The number of nitrogens with two attached hydrogens (primary N) is 1. The smallest absolute Gasteiger partial charge is 0.237 e. The van der Waals surface area contributed by atoms with Gasteiger partial charge in [-0.3, -0.25) is 4.79 Å². The van der Waals surface area contributed by atoms with Crippen LogP contribution in [0.2, 0.25) is 0 Å². The fraction of sp³-hybridized carbons (Fsp3) is 0.636. The summed E-state index contributed by atoms with van der Waals surface area (Å²) in [5.41, 5.74) is 8.42. The number of hydrogen-bond donors (Lipinski definition) is 2. The third kappa shape index (κ3) is 3.90. The lowest BCUT2D eigenvalue weighted by Crippen LogP contribution is -2.49. The Kier molecular flexibility index (Phi) is 4.44. The summed E-state index contributed by atoms with van der Waals surface area (Å²) >= 11 is 1.56. The zero-order chi connectivity index (χ0) is 12.2. The molecular formula is C11H19N3OS. The van der Waals surface area contributed by atoms with Crippen molar-refractivity contribution in [1.82, 2.24) is 10.3 Å². The number of aromatic nitrogens is 1. The molecule has 4 nitrogen and oxygen atoms in total. The standard InChI is InChI=1S/C11H19N3OS/c1-11(2,3)9(12)10(15)13-5-4-8-6-16-7-14-8/h6-7,9H,4-5,12H2,1-3H3,(H,13,15). The van der Waals surface area contributed by atoms with Crippen molar-refractivity contribution >= 4 is 17.2 Å². The van der Waals surface area contributed by atoms with Crippen LogP contribution < -0.4 is 11.1 Å². The van der Waals surface area contributed by atoms with E-state index >= 15 is 0 Å². The van der Waals surface area contributed by atoms with Gasteiger partial charge in [-0.1, -0.05) is 20.8 Å². The molecule has 1 atom stereocenters. The molecule has 1 heterocycles. The molecule has 0 fully saturated rings. The van der Waals surface area contributed by atoms with E-state index in [1.54, 1.807) is 16.8 Å². The van der Waals surface area contributed by atoms with Crippen molar-refractivity contribution in [2.24, 2.45) is 11.1 Å². The second kappa shape index (κ2) is 5.41. The first-order valence-corrected chi connectivity index (χ1v) is 6.26. The highest BCUT2D eigenvalue weighted by molar-refractivity contribution is 7.07. The highest BCUT2D eigenvalue weighted by atomic mass is 32.1. The van der Waals surface area contributed by atoms with Crippen molar-refractivity contribution in [2.45, 2.75) is 33.2 Å². The van der Waals surface area contributed by atoms with E-state index < -0.39 is 6.04 Å². The first-order valence-electron chi connectivity index (χ1n) is 5.31. The number of nitrogens with zero attached hydrogens (tertiary/aromatic N) is 1. The normalized spacial score (nSPS) is 13.5. The highest BCUT2D eigenvalue weighted by Crippen LogP contribution is 2.17. The lowest BCUT2D eigenvalue weighted by Gasteiger charge is -2.25. The summed E-state index contributed by atoms with van der Waals surface area (Å²) in [6.45, 7) is 6.46. The fourth-order valence-electron chi connectivity index (χ4n) is 1.18. The Balaban J connectivity index is 2.30. The van der Waals surface area contributed by atoms with Gasteiger partial charge in [0.2, 0.25) is 5.91 Å². The average Bonchev–Trinajstić information content (AvgIpc) is 2.67. The number of hydrogen-bond acceptors (Lipinski definition) is 4. The Bertz CT molecular complexity index is 329. The molecule has 0 radical (unpaired) electrons. The SMILES string of the molecule is CC(C)(C)C(N)C(=O)NCCc1cscn1. The number of carbonyl (C=O) groups excluding carboxylic acids is 1. The second-order valence-electron chi connectivity index (χ2n) is 4.86. The molecule has 0 aliphatic rings. The molecule has 0 aliphatic carbocycles. The summed E-state index contributed by atoms with van der Waals surface area (Å²) in [7, 11) is 0. The van der Waals surface area contributed by atoms with Gasteiger partial charge in [-0.05, 0) is 5.41 Å². The van der Waals surface area contributed by atoms with Gasteiger partial charge < -0.3 is 11.1 Å². The average molecular weight is 241 g/mol. The lowest BCUT2D eigenvalue weighted by molar-refractivity contribution is -0.124. The van der Waals surface area contributed by atoms with E-state index in [0.717, 1.165) is 12.1 Å². The molecule has 0 saturated carbocycles.